The second-order valence-electron chi connectivity index (χ2n) is 7.56. The molecule has 0 spiro atoms. The molecule has 0 saturated heterocycles. The summed E-state index contributed by atoms with van der Waals surface area (Å²) in [6, 6.07) is 14.3. The lowest BCUT2D eigenvalue weighted by atomic mass is 10.1. The molecule has 1 aliphatic carbocycles. The first-order valence-corrected chi connectivity index (χ1v) is 10.4. The van der Waals surface area contributed by atoms with E-state index in [1.54, 1.807) is 41.3 Å². The molecule has 3 aromatic rings. The maximum atomic E-state index is 13.0. The van der Waals surface area contributed by atoms with Crippen LogP contribution in [0.5, 0.6) is 5.75 Å². The summed E-state index contributed by atoms with van der Waals surface area (Å²) in [5.74, 6) is 0.743. The number of fused-ring (bicyclic) bond motifs is 1. The maximum absolute atomic E-state index is 13.0. The van der Waals surface area contributed by atoms with Crippen LogP contribution in [0.4, 0.5) is 5.69 Å². The van der Waals surface area contributed by atoms with Crippen LogP contribution in [0.1, 0.15) is 25.2 Å². The number of amides is 2. The van der Waals surface area contributed by atoms with E-state index >= 15 is 0 Å². The highest BCUT2D eigenvalue weighted by molar-refractivity contribution is 6.30. The number of rotatable bonds is 6. The molecule has 0 radical (unpaired) electrons. The largest absolute Gasteiger partial charge is 0.478 e. The molecule has 2 aromatic carbocycles. The van der Waals surface area contributed by atoms with Gasteiger partial charge in [-0.1, -0.05) is 23.7 Å². The normalized spacial score (nSPS) is 17.5. The summed E-state index contributed by atoms with van der Waals surface area (Å²) in [7, 11) is 0. The van der Waals surface area contributed by atoms with Gasteiger partial charge in [0.05, 0.1) is 18.7 Å². The summed E-state index contributed by atoms with van der Waals surface area (Å²) in [6.45, 7) is 0.189. The number of anilines is 1. The van der Waals surface area contributed by atoms with Crippen LogP contribution in [0.3, 0.4) is 0 Å². The molecule has 5 rings (SSSR count). The van der Waals surface area contributed by atoms with E-state index in [0.29, 0.717) is 28.2 Å². The van der Waals surface area contributed by atoms with E-state index in [2.05, 4.69) is 15.5 Å². The summed E-state index contributed by atoms with van der Waals surface area (Å²) in [5.41, 5.74) is 1.36. The van der Waals surface area contributed by atoms with Crippen LogP contribution in [0.15, 0.2) is 52.9 Å². The third-order valence-electron chi connectivity index (χ3n) is 5.24. The molecule has 0 bridgehead atoms. The van der Waals surface area contributed by atoms with Crippen molar-refractivity contribution in [3.05, 3.63) is 59.4 Å². The van der Waals surface area contributed by atoms with Gasteiger partial charge in [-0.25, -0.2) is 0 Å². The highest BCUT2D eigenvalue weighted by Crippen LogP contribution is 2.32. The van der Waals surface area contributed by atoms with Gasteiger partial charge in [0.15, 0.2) is 6.10 Å². The summed E-state index contributed by atoms with van der Waals surface area (Å²) in [6.07, 6.45) is 0.875. The molecule has 2 heterocycles. The van der Waals surface area contributed by atoms with Crippen LogP contribution in [0, 0.1) is 0 Å². The molecule has 9 heteroatoms. The molecule has 1 aliphatic heterocycles. The van der Waals surface area contributed by atoms with Gasteiger partial charge >= 0.3 is 0 Å². The van der Waals surface area contributed by atoms with E-state index in [0.717, 1.165) is 18.4 Å². The summed E-state index contributed by atoms with van der Waals surface area (Å²) in [4.78, 5) is 27.1. The summed E-state index contributed by atoms with van der Waals surface area (Å²) < 4.78 is 11.5. The van der Waals surface area contributed by atoms with E-state index in [1.807, 2.05) is 12.1 Å². The Kier molecular flexibility index (Phi) is 5.07. The fraction of sp³-hybridized carbons (Fsp3) is 0.273. The number of ether oxygens (including phenoxy) is 1. The molecular weight excluding hydrogens is 420 g/mol. The molecular formula is C22H19ClN4O4. The summed E-state index contributed by atoms with van der Waals surface area (Å²) >= 11 is 5.92. The number of nitrogens with one attached hydrogen (secondary N) is 1. The molecule has 2 aliphatic rings. The Morgan fingerprint density at radius 1 is 1.13 bits per heavy atom. The number of benzene rings is 2. The van der Waals surface area contributed by atoms with Crippen LogP contribution in [-0.4, -0.2) is 39.1 Å². The minimum Gasteiger partial charge on any atom is -0.478 e. The van der Waals surface area contributed by atoms with Crippen LogP contribution < -0.4 is 10.1 Å². The van der Waals surface area contributed by atoms with Gasteiger partial charge in [0.2, 0.25) is 17.7 Å². The zero-order valence-corrected chi connectivity index (χ0v) is 17.2. The van der Waals surface area contributed by atoms with E-state index in [1.165, 1.54) is 0 Å². The molecule has 0 unspecified atom stereocenters. The average molecular weight is 439 g/mol. The minimum absolute atomic E-state index is 0.0607. The Morgan fingerprint density at radius 2 is 1.90 bits per heavy atom. The second-order valence-corrected chi connectivity index (χ2v) is 7.99. The van der Waals surface area contributed by atoms with Crippen molar-refractivity contribution in [1.82, 2.24) is 15.1 Å². The molecule has 1 aromatic heterocycles. The molecule has 1 saturated carbocycles. The third-order valence-corrected chi connectivity index (χ3v) is 5.49. The Balaban J connectivity index is 1.28. The van der Waals surface area contributed by atoms with Crippen LogP contribution in [-0.2, 0) is 16.1 Å². The average Bonchev–Trinajstić information content (AvgIpc) is 3.50. The summed E-state index contributed by atoms with van der Waals surface area (Å²) in [5, 5.41) is 11.6. The van der Waals surface area contributed by atoms with Crippen molar-refractivity contribution in [3.8, 4) is 17.2 Å². The van der Waals surface area contributed by atoms with Crippen LogP contribution in [0.25, 0.3) is 11.5 Å². The van der Waals surface area contributed by atoms with Gasteiger partial charge in [-0.05, 0) is 49.2 Å². The van der Waals surface area contributed by atoms with Gasteiger partial charge in [-0.3, -0.25) is 9.59 Å². The fourth-order valence-corrected chi connectivity index (χ4v) is 3.61. The predicted octanol–water partition coefficient (Wildman–Crippen LogP) is 3.67. The lowest BCUT2D eigenvalue weighted by molar-refractivity contribution is -0.138. The van der Waals surface area contributed by atoms with Gasteiger partial charge in [-0.2, -0.15) is 0 Å². The number of carbonyl (C=O) groups excluding carboxylic acids is 2. The highest BCUT2D eigenvalue weighted by Gasteiger charge is 2.37. The quantitative estimate of drug-likeness (QED) is 0.630. The number of para-hydroxylation sites is 2. The van der Waals surface area contributed by atoms with E-state index in [-0.39, 0.29) is 30.8 Å². The first-order valence-electron chi connectivity index (χ1n) is 10.0. The second kappa shape index (κ2) is 8.03. The molecule has 8 nitrogen and oxygen atoms in total. The number of hydrogen-bond acceptors (Lipinski definition) is 6. The standard InChI is InChI=1S/C22H19ClN4O4/c23-14-7-5-13(6-8-14)22-26-25-19(31-22)12-27(15-9-10-15)20(28)11-18-21(29)24-16-3-1-2-4-17(16)30-18/h1-8,15,18H,9-12H2,(H,24,29)/t18-/m0/s1. The lowest BCUT2D eigenvalue weighted by Gasteiger charge is -2.27. The first-order chi connectivity index (χ1) is 15.1. The number of aromatic nitrogens is 2. The van der Waals surface area contributed by atoms with Gasteiger partial charge in [0, 0.05) is 16.6 Å². The molecule has 1 N–H and O–H groups in total. The van der Waals surface area contributed by atoms with Gasteiger partial charge < -0.3 is 19.4 Å². The maximum Gasteiger partial charge on any atom is 0.266 e. The third kappa shape index (κ3) is 4.25. The van der Waals surface area contributed by atoms with Crippen molar-refractivity contribution in [1.29, 1.82) is 0 Å². The predicted molar refractivity (Wildman–Crippen MR) is 112 cm³/mol. The fourth-order valence-electron chi connectivity index (χ4n) is 3.48. The number of hydrogen-bond donors (Lipinski definition) is 1. The minimum atomic E-state index is -0.879. The van der Waals surface area contributed by atoms with Crippen LogP contribution in [0.2, 0.25) is 5.02 Å². The van der Waals surface area contributed by atoms with Gasteiger partial charge in [0.1, 0.15) is 5.75 Å². The molecule has 31 heavy (non-hydrogen) atoms. The van der Waals surface area contributed by atoms with Crippen molar-refractivity contribution >= 4 is 29.1 Å². The van der Waals surface area contributed by atoms with Crippen molar-refractivity contribution in [3.63, 3.8) is 0 Å². The van der Waals surface area contributed by atoms with Crippen molar-refractivity contribution in [2.75, 3.05) is 5.32 Å². The number of halogens is 1. The number of carbonyl (C=O) groups is 2. The van der Waals surface area contributed by atoms with Crippen LogP contribution >= 0.6 is 11.6 Å². The van der Waals surface area contributed by atoms with E-state index in [9.17, 15) is 9.59 Å². The van der Waals surface area contributed by atoms with Crippen molar-refractivity contribution in [2.24, 2.45) is 0 Å². The highest BCUT2D eigenvalue weighted by atomic mass is 35.5. The smallest absolute Gasteiger partial charge is 0.266 e. The monoisotopic (exact) mass is 438 g/mol. The van der Waals surface area contributed by atoms with Crippen molar-refractivity contribution in [2.45, 2.75) is 38.0 Å². The van der Waals surface area contributed by atoms with Gasteiger partial charge in [-0.15, -0.1) is 10.2 Å². The Hall–Kier alpha value is -3.39. The number of nitrogens with zero attached hydrogens (tertiary/aromatic N) is 3. The Morgan fingerprint density at radius 3 is 2.68 bits per heavy atom. The zero-order chi connectivity index (χ0) is 21.4. The molecule has 1 fully saturated rings. The molecule has 158 valence electrons. The topological polar surface area (TPSA) is 97.6 Å². The van der Waals surface area contributed by atoms with Gasteiger partial charge in [0.25, 0.3) is 5.91 Å². The zero-order valence-electron chi connectivity index (χ0n) is 16.5. The Labute approximate surface area is 183 Å². The molecule has 1 atom stereocenters. The lowest BCUT2D eigenvalue weighted by Crippen LogP contribution is -2.42. The Bertz CT molecular complexity index is 1130. The molecule has 2 amide bonds. The SMILES string of the molecule is O=C1Nc2ccccc2O[C@H]1CC(=O)N(Cc1nnc(-c2ccc(Cl)cc2)o1)C1CC1. The van der Waals surface area contributed by atoms with E-state index < -0.39 is 6.10 Å². The van der Waals surface area contributed by atoms with Crippen molar-refractivity contribution < 1.29 is 18.7 Å². The first kappa shape index (κ1) is 19.6. The van der Waals surface area contributed by atoms with E-state index in [4.69, 9.17) is 20.8 Å².